The average molecular weight is 221 g/mol. The minimum Gasteiger partial charge on any atom is -0.497 e. The molecule has 0 spiro atoms. The number of rotatable bonds is 4. The lowest BCUT2D eigenvalue weighted by Crippen LogP contribution is -2.28. The van der Waals surface area contributed by atoms with E-state index in [1.54, 1.807) is 7.11 Å². The van der Waals surface area contributed by atoms with Gasteiger partial charge in [0, 0.05) is 0 Å². The molecule has 16 heavy (non-hydrogen) atoms. The molecule has 1 fully saturated rings. The minimum absolute atomic E-state index is 0.147. The molecule has 2 rings (SSSR count). The van der Waals surface area contributed by atoms with Crippen LogP contribution in [0.3, 0.4) is 0 Å². The van der Waals surface area contributed by atoms with Crippen molar-refractivity contribution in [2.24, 2.45) is 0 Å². The fraction of sp³-hybridized carbons (Fsp3) is 0.538. The van der Waals surface area contributed by atoms with Crippen LogP contribution in [-0.2, 0) is 0 Å². The first-order valence-corrected chi connectivity index (χ1v) is 5.84. The van der Waals surface area contributed by atoms with Gasteiger partial charge in [0.05, 0.1) is 19.8 Å². The van der Waals surface area contributed by atoms with E-state index in [-0.39, 0.29) is 12.6 Å². The molecule has 1 aliphatic rings. The Kier molecular flexibility index (Phi) is 3.80. The Bertz CT molecular complexity index is 317. The molecule has 1 aromatic rings. The van der Waals surface area contributed by atoms with Crippen LogP contribution in [0.1, 0.15) is 24.4 Å². The van der Waals surface area contributed by atoms with Gasteiger partial charge in [0.25, 0.3) is 0 Å². The van der Waals surface area contributed by atoms with E-state index in [9.17, 15) is 5.11 Å². The van der Waals surface area contributed by atoms with E-state index in [4.69, 9.17) is 4.74 Å². The summed E-state index contributed by atoms with van der Waals surface area (Å²) in [6.45, 7) is 2.38. The number of aliphatic hydroxyl groups is 1. The lowest BCUT2D eigenvalue weighted by molar-refractivity contribution is 0.147. The average Bonchev–Trinajstić information content (AvgIpc) is 2.85. The van der Waals surface area contributed by atoms with E-state index in [1.165, 1.54) is 18.4 Å². The molecule has 1 aromatic carbocycles. The maximum atomic E-state index is 9.49. The smallest absolute Gasteiger partial charge is 0.118 e. The van der Waals surface area contributed by atoms with Crippen molar-refractivity contribution in [3.63, 3.8) is 0 Å². The first-order chi connectivity index (χ1) is 7.85. The maximum Gasteiger partial charge on any atom is 0.118 e. The molecule has 0 radical (unpaired) electrons. The number of methoxy groups -OCH3 is 1. The van der Waals surface area contributed by atoms with Gasteiger partial charge in [-0.2, -0.15) is 0 Å². The molecule has 0 aliphatic carbocycles. The number of hydrogen-bond acceptors (Lipinski definition) is 3. The SMILES string of the molecule is COc1ccc(C(CO)N2CCCC2)cc1. The van der Waals surface area contributed by atoms with Crippen molar-refractivity contribution in [1.29, 1.82) is 0 Å². The second-order valence-electron chi connectivity index (χ2n) is 4.21. The third-order valence-corrected chi connectivity index (χ3v) is 3.25. The van der Waals surface area contributed by atoms with Gasteiger partial charge >= 0.3 is 0 Å². The largest absolute Gasteiger partial charge is 0.497 e. The minimum atomic E-state index is 0.147. The number of ether oxygens (including phenoxy) is 1. The van der Waals surface area contributed by atoms with Crippen LogP contribution in [0.4, 0.5) is 0 Å². The topological polar surface area (TPSA) is 32.7 Å². The van der Waals surface area contributed by atoms with Crippen LogP contribution in [0.25, 0.3) is 0 Å². The summed E-state index contributed by atoms with van der Waals surface area (Å²) >= 11 is 0. The van der Waals surface area contributed by atoms with Crippen molar-refractivity contribution in [3.05, 3.63) is 29.8 Å². The summed E-state index contributed by atoms with van der Waals surface area (Å²) in [6, 6.07) is 8.13. The Labute approximate surface area is 96.6 Å². The van der Waals surface area contributed by atoms with E-state index < -0.39 is 0 Å². The molecule has 1 unspecified atom stereocenters. The van der Waals surface area contributed by atoms with E-state index in [1.807, 2.05) is 24.3 Å². The molecule has 1 atom stereocenters. The molecule has 0 bridgehead atoms. The highest BCUT2D eigenvalue weighted by Gasteiger charge is 2.22. The highest BCUT2D eigenvalue weighted by molar-refractivity contribution is 5.29. The summed E-state index contributed by atoms with van der Waals surface area (Å²) < 4.78 is 5.13. The van der Waals surface area contributed by atoms with Crippen molar-refractivity contribution < 1.29 is 9.84 Å². The van der Waals surface area contributed by atoms with Crippen molar-refractivity contribution in [2.45, 2.75) is 18.9 Å². The predicted octanol–water partition coefficient (Wildman–Crippen LogP) is 1.82. The predicted molar refractivity (Wildman–Crippen MR) is 63.6 cm³/mol. The summed E-state index contributed by atoms with van der Waals surface area (Å²) in [6.07, 6.45) is 2.49. The fourth-order valence-corrected chi connectivity index (χ4v) is 2.31. The lowest BCUT2D eigenvalue weighted by atomic mass is 10.1. The van der Waals surface area contributed by atoms with Crippen LogP contribution < -0.4 is 4.74 Å². The zero-order valence-electron chi connectivity index (χ0n) is 9.72. The molecule has 88 valence electrons. The van der Waals surface area contributed by atoms with Gasteiger partial charge in [-0.25, -0.2) is 0 Å². The summed E-state index contributed by atoms with van der Waals surface area (Å²) in [5, 5.41) is 9.49. The van der Waals surface area contributed by atoms with Crippen molar-refractivity contribution in [2.75, 3.05) is 26.8 Å². The fourth-order valence-electron chi connectivity index (χ4n) is 2.31. The first kappa shape index (κ1) is 11.4. The number of nitrogens with zero attached hydrogens (tertiary/aromatic N) is 1. The van der Waals surface area contributed by atoms with Gasteiger partial charge < -0.3 is 9.84 Å². The Morgan fingerprint density at radius 2 is 1.88 bits per heavy atom. The zero-order valence-corrected chi connectivity index (χ0v) is 9.72. The molecule has 0 saturated carbocycles. The van der Waals surface area contributed by atoms with Crippen LogP contribution >= 0.6 is 0 Å². The van der Waals surface area contributed by atoms with Crippen LogP contribution in [0.5, 0.6) is 5.75 Å². The number of likely N-dealkylation sites (tertiary alicyclic amines) is 1. The maximum absolute atomic E-state index is 9.49. The standard InChI is InChI=1S/C13H19NO2/c1-16-12-6-4-11(5-7-12)13(10-15)14-8-2-3-9-14/h4-7,13,15H,2-3,8-10H2,1H3. The monoisotopic (exact) mass is 221 g/mol. The summed E-state index contributed by atoms with van der Waals surface area (Å²) in [5.74, 6) is 0.863. The Morgan fingerprint density at radius 1 is 1.25 bits per heavy atom. The van der Waals surface area contributed by atoms with Gasteiger partial charge in [-0.05, 0) is 43.6 Å². The Hall–Kier alpha value is -1.06. The van der Waals surface area contributed by atoms with E-state index in [0.29, 0.717) is 0 Å². The van der Waals surface area contributed by atoms with Crippen molar-refractivity contribution in [1.82, 2.24) is 4.90 Å². The van der Waals surface area contributed by atoms with Crippen LogP contribution in [0, 0.1) is 0 Å². The summed E-state index contributed by atoms with van der Waals surface area (Å²) in [4.78, 5) is 2.35. The Morgan fingerprint density at radius 3 is 2.38 bits per heavy atom. The quantitative estimate of drug-likeness (QED) is 0.842. The van der Waals surface area contributed by atoms with Gasteiger partial charge in [0.1, 0.15) is 5.75 Å². The number of aliphatic hydroxyl groups excluding tert-OH is 1. The Balaban J connectivity index is 2.12. The molecular weight excluding hydrogens is 202 g/mol. The molecule has 1 N–H and O–H groups in total. The summed E-state index contributed by atoms with van der Waals surface area (Å²) in [5.41, 5.74) is 1.17. The highest BCUT2D eigenvalue weighted by Crippen LogP contribution is 2.25. The molecule has 3 nitrogen and oxygen atoms in total. The van der Waals surface area contributed by atoms with Gasteiger partial charge in [-0.1, -0.05) is 12.1 Å². The third kappa shape index (κ3) is 2.36. The molecule has 3 heteroatoms. The van der Waals surface area contributed by atoms with E-state index in [0.717, 1.165) is 18.8 Å². The van der Waals surface area contributed by atoms with Gasteiger partial charge in [0.2, 0.25) is 0 Å². The highest BCUT2D eigenvalue weighted by atomic mass is 16.5. The van der Waals surface area contributed by atoms with E-state index in [2.05, 4.69) is 4.90 Å². The molecule has 0 amide bonds. The first-order valence-electron chi connectivity index (χ1n) is 5.84. The van der Waals surface area contributed by atoms with Gasteiger partial charge in [-0.15, -0.1) is 0 Å². The third-order valence-electron chi connectivity index (χ3n) is 3.25. The van der Waals surface area contributed by atoms with Crippen LogP contribution in [-0.4, -0.2) is 36.8 Å². The van der Waals surface area contributed by atoms with Crippen LogP contribution in [0.2, 0.25) is 0 Å². The molecule has 1 aliphatic heterocycles. The zero-order chi connectivity index (χ0) is 11.4. The second kappa shape index (κ2) is 5.32. The molecule has 1 saturated heterocycles. The molecule has 1 heterocycles. The molecular formula is C13H19NO2. The van der Waals surface area contributed by atoms with Gasteiger partial charge in [-0.3, -0.25) is 4.90 Å². The van der Waals surface area contributed by atoms with E-state index >= 15 is 0 Å². The van der Waals surface area contributed by atoms with Crippen LogP contribution in [0.15, 0.2) is 24.3 Å². The molecule has 0 aromatic heterocycles. The summed E-state index contributed by atoms with van der Waals surface area (Å²) in [7, 11) is 1.67. The van der Waals surface area contributed by atoms with Crippen molar-refractivity contribution >= 4 is 0 Å². The number of hydrogen-bond donors (Lipinski definition) is 1. The normalized spacial score (nSPS) is 18.6. The second-order valence-corrected chi connectivity index (χ2v) is 4.21. The van der Waals surface area contributed by atoms with Gasteiger partial charge in [0.15, 0.2) is 0 Å². The van der Waals surface area contributed by atoms with Crippen molar-refractivity contribution in [3.8, 4) is 5.75 Å². The number of benzene rings is 1. The lowest BCUT2D eigenvalue weighted by Gasteiger charge is -2.26.